The molecule has 0 saturated carbocycles. The lowest BCUT2D eigenvalue weighted by atomic mass is 10.2. The van der Waals surface area contributed by atoms with Gasteiger partial charge in [0.05, 0.1) is 10.6 Å². The smallest absolute Gasteiger partial charge is 0.238 e. The van der Waals surface area contributed by atoms with E-state index in [1.807, 2.05) is 13.8 Å². The largest absolute Gasteiger partial charge is 0.326 e. The van der Waals surface area contributed by atoms with E-state index in [9.17, 15) is 13.2 Å². The number of nitrogens with two attached hydrogens (primary N) is 1. The van der Waals surface area contributed by atoms with E-state index in [-0.39, 0.29) is 10.8 Å². The number of aromatic nitrogens is 1. The van der Waals surface area contributed by atoms with Crippen LogP contribution in [0.15, 0.2) is 23.1 Å². The number of carbonyl (C=O) groups is 1. The second kappa shape index (κ2) is 5.55. The highest BCUT2D eigenvalue weighted by molar-refractivity contribution is 7.89. The van der Waals surface area contributed by atoms with Crippen LogP contribution < -0.4 is 10.5 Å². The molecule has 1 aromatic heterocycles. The quantitative estimate of drug-likeness (QED) is 0.901. The number of anilines is 1. The van der Waals surface area contributed by atoms with E-state index in [2.05, 4.69) is 10.3 Å². The molecular formula is C13H15N3O3S2. The molecule has 2 aromatic rings. The Labute approximate surface area is 127 Å². The zero-order valence-electron chi connectivity index (χ0n) is 11.8. The number of hydrogen-bond acceptors (Lipinski definition) is 5. The molecule has 0 radical (unpaired) electrons. The van der Waals surface area contributed by atoms with E-state index in [0.717, 1.165) is 10.6 Å². The number of nitrogens with one attached hydrogen (secondary N) is 1. The molecule has 0 aliphatic carbocycles. The molecule has 112 valence electrons. The van der Waals surface area contributed by atoms with Crippen molar-refractivity contribution in [1.82, 2.24) is 4.98 Å². The summed E-state index contributed by atoms with van der Waals surface area (Å²) >= 11 is 1.40. The van der Waals surface area contributed by atoms with E-state index < -0.39 is 10.0 Å². The first-order chi connectivity index (χ1) is 9.68. The van der Waals surface area contributed by atoms with Crippen LogP contribution >= 0.6 is 11.3 Å². The van der Waals surface area contributed by atoms with Crippen LogP contribution in [0.3, 0.4) is 0 Å². The monoisotopic (exact) mass is 325 g/mol. The van der Waals surface area contributed by atoms with E-state index >= 15 is 0 Å². The van der Waals surface area contributed by atoms with Crippen LogP contribution in [0.4, 0.5) is 5.69 Å². The van der Waals surface area contributed by atoms with Gasteiger partial charge in [-0.1, -0.05) is 0 Å². The molecule has 21 heavy (non-hydrogen) atoms. The first-order valence-electron chi connectivity index (χ1n) is 6.07. The average Bonchev–Trinajstić information content (AvgIpc) is 2.67. The van der Waals surface area contributed by atoms with Gasteiger partial charge in [0, 0.05) is 23.1 Å². The Balaban J connectivity index is 2.63. The average molecular weight is 325 g/mol. The van der Waals surface area contributed by atoms with Crippen molar-refractivity contribution in [3.63, 3.8) is 0 Å². The van der Waals surface area contributed by atoms with Gasteiger partial charge in [-0.15, -0.1) is 11.3 Å². The molecule has 0 fully saturated rings. The number of sulfonamides is 1. The van der Waals surface area contributed by atoms with E-state index in [4.69, 9.17) is 5.14 Å². The number of carbonyl (C=O) groups excluding carboxylic acids is 1. The van der Waals surface area contributed by atoms with Gasteiger partial charge in [0.25, 0.3) is 0 Å². The first-order valence-corrected chi connectivity index (χ1v) is 8.43. The highest BCUT2D eigenvalue weighted by Crippen LogP contribution is 2.33. The maximum Gasteiger partial charge on any atom is 0.238 e. The van der Waals surface area contributed by atoms with Crippen LogP contribution in [0, 0.1) is 13.8 Å². The molecule has 2 rings (SSSR count). The predicted molar refractivity (Wildman–Crippen MR) is 82.7 cm³/mol. The maximum atomic E-state index is 11.8. The molecule has 0 atom stereocenters. The Morgan fingerprint density at radius 2 is 2.00 bits per heavy atom. The molecule has 1 amide bonds. The molecule has 0 unspecified atom stereocenters. The predicted octanol–water partition coefficient (Wildman–Crippen LogP) is 2.03. The summed E-state index contributed by atoms with van der Waals surface area (Å²) in [6, 6.07) is 4.57. The highest BCUT2D eigenvalue weighted by Gasteiger charge is 2.19. The zero-order valence-corrected chi connectivity index (χ0v) is 13.4. The molecule has 0 spiro atoms. The molecule has 0 aliphatic heterocycles. The molecule has 3 N–H and O–H groups in total. The molecule has 0 bridgehead atoms. The third kappa shape index (κ3) is 3.46. The van der Waals surface area contributed by atoms with Crippen molar-refractivity contribution in [3.05, 3.63) is 28.8 Å². The van der Waals surface area contributed by atoms with Gasteiger partial charge in [-0.2, -0.15) is 0 Å². The summed E-state index contributed by atoms with van der Waals surface area (Å²) in [7, 11) is -3.93. The number of primary sulfonamides is 1. The number of hydrogen-bond donors (Lipinski definition) is 2. The lowest BCUT2D eigenvalue weighted by Gasteiger charge is -2.08. The molecule has 0 saturated heterocycles. The van der Waals surface area contributed by atoms with Gasteiger partial charge in [-0.25, -0.2) is 18.5 Å². The number of aryl methyl sites for hydroxylation is 2. The zero-order chi connectivity index (χ0) is 15.8. The lowest BCUT2D eigenvalue weighted by Crippen LogP contribution is -2.14. The summed E-state index contributed by atoms with van der Waals surface area (Å²) in [6.45, 7) is 5.12. The third-order valence-corrected chi connectivity index (χ3v) is 4.92. The first kappa shape index (κ1) is 15.6. The van der Waals surface area contributed by atoms with Crippen molar-refractivity contribution in [2.45, 2.75) is 25.7 Å². The fourth-order valence-corrected chi connectivity index (χ4v) is 3.58. The minimum atomic E-state index is -3.93. The second-order valence-corrected chi connectivity index (χ2v) is 7.33. The Kier molecular flexibility index (Phi) is 4.13. The Bertz CT molecular complexity index is 791. The van der Waals surface area contributed by atoms with E-state index in [1.165, 1.54) is 24.3 Å². The Morgan fingerprint density at radius 1 is 1.33 bits per heavy atom. The molecular weight excluding hydrogens is 310 g/mol. The fourth-order valence-electron chi connectivity index (χ4n) is 1.80. The maximum absolute atomic E-state index is 11.8. The van der Waals surface area contributed by atoms with Crippen LogP contribution in [0.1, 0.15) is 17.5 Å². The Hall–Kier alpha value is -1.77. The third-order valence-electron chi connectivity index (χ3n) is 2.87. The number of rotatable bonds is 3. The SMILES string of the molecule is CC(=O)Nc1ccc(-c2nc(C)c(C)s2)c(S(N)(=O)=O)c1. The van der Waals surface area contributed by atoms with Crippen molar-refractivity contribution in [3.8, 4) is 10.6 Å². The van der Waals surface area contributed by atoms with Crippen LogP contribution in [0.2, 0.25) is 0 Å². The van der Waals surface area contributed by atoms with Crippen molar-refractivity contribution in [2.24, 2.45) is 5.14 Å². The second-order valence-electron chi connectivity index (χ2n) is 4.60. The minimum absolute atomic E-state index is 0.0532. The van der Waals surface area contributed by atoms with Crippen LogP contribution in [-0.2, 0) is 14.8 Å². The Morgan fingerprint density at radius 3 is 2.48 bits per heavy atom. The molecule has 1 heterocycles. The molecule has 6 nitrogen and oxygen atoms in total. The number of benzene rings is 1. The molecule has 1 aromatic carbocycles. The van der Waals surface area contributed by atoms with Crippen molar-refractivity contribution in [2.75, 3.05) is 5.32 Å². The molecule has 8 heteroatoms. The molecule has 0 aliphatic rings. The topological polar surface area (TPSA) is 102 Å². The highest BCUT2D eigenvalue weighted by atomic mass is 32.2. The van der Waals surface area contributed by atoms with Crippen molar-refractivity contribution < 1.29 is 13.2 Å². The number of nitrogens with zero attached hydrogens (tertiary/aromatic N) is 1. The van der Waals surface area contributed by atoms with E-state index in [1.54, 1.807) is 12.1 Å². The van der Waals surface area contributed by atoms with Gasteiger partial charge in [0.2, 0.25) is 15.9 Å². The minimum Gasteiger partial charge on any atom is -0.326 e. The summed E-state index contributed by atoms with van der Waals surface area (Å²) < 4.78 is 23.6. The van der Waals surface area contributed by atoms with Crippen LogP contribution in [0.25, 0.3) is 10.6 Å². The standard InChI is InChI=1S/C13H15N3O3S2/c1-7-8(2)20-13(15-7)11-5-4-10(16-9(3)17)6-12(11)21(14,18)19/h4-6H,1-3H3,(H,16,17)(H2,14,18,19). The van der Waals surface area contributed by atoms with Gasteiger partial charge < -0.3 is 5.32 Å². The van der Waals surface area contributed by atoms with Gasteiger partial charge in [0.1, 0.15) is 5.01 Å². The van der Waals surface area contributed by atoms with Gasteiger partial charge >= 0.3 is 0 Å². The fraction of sp³-hybridized carbons (Fsp3) is 0.231. The number of amides is 1. The van der Waals surface area contributed by atoms with Crippen LogP contribution in [0.5, 0.6) is 0 Å². The normalized spacial score (nSPS) is 11.4. The van der Waals surface area contributed by atoms with Gasteiger partial charge in [-0.05, 0) is 32.0 Å². The summed E-state index contributed by atoms with van der Waals surface area (Å²) in [5.74, 6) is -0.288. The summed E-state index contributed by atoms with van der Waals surface area (Å²) in [5, 5.41) is 8.40. The van der Waals surface area contributed by atoms with E-state index in [0.29, 0.717) is 16.3 Å². The summed E-state index contributed by atoms with van der Waals surface area (Å²) in [5.41, 5.74) is 1.66. The van der Waals surface area contributed by atoms with Gasteiger partial charge in [0.15, 0.2) is 0 Å². The lowest BCUT2D eigenvalue weighted by molar-refractivity contribution is -0.114. The van der Waals surface area contributed by atoms with Crippen LogP contribution in [-0.4, -0.2) is 19.3 Å². The summed E-state index contributed by atoms with van der Waals surface area (Å²) in [6.07, 6.45) is 0. The van der Waals surface area contributed by atoms with Crippen molar-refractivity contribution in [1.29, 1.82) is 0 Å². The summed E-state index contributed by atoms with van der Waals surface area (Å²) in [4.78, 5) is 16.4. The number of thiazole rings is 1. The van der Waals surface area contributed by atoms with Gasteiger partial charge in [-0.3, -0.25) is 4.79 Å². The van der Waals surface area contributed by atoms with Crippen molar-refractivity contribution >= 4 is 33.0 Å².